The van der Waals surface area contributed by atoms with Crippen molar-refractivity contribution >= 4 is 28.2 Å². The fourth-order valence-electron chi connectivity index (χ4n) is 2.63. The predicted octanol–water partition coefficient (Wildman–Crippen LogP) is 3.68. The van der Waals surface area contributed by atoms with Gasteiger partial charge in [-0.2, -0.15) is 5.10 Å². The number of rotatable bonds is 4. The molecule has 0 saturated carbocycles. The van der Waals surface area contributed by atoms with Crippen molar-refractivity contribution in [2.75, 3.05) is 5.32 Å². The van der Waals surface area contributed by atoms with Crippen LogP contribution in [0.1, 0.15) is 19.4 Å². The Morgan fingerprint density at radius 1 is 1.22 bits per heavy atom. The Morgan fingerprint density at radius 2 is 1.96 bits per heavy atom. The number of aliphatic carboxylic acids is 1. The number of carboxylic acid groups (broad SMARTS) is 1. The van der Waals surface area contributed by atoms with Crippen LogP contribution in [0.2, 0.25) is 0 Å². The molecule has 0 radical (unpaired) electrons. The first-order chi connectivity index (χ1) is 10.9. The van der Waals surface area contributed by atoms with Gasteiger partial charge in [0.2, 0.25) is 0 Å². The molecule has 0 unspecified atom stereocenters. The number of fused-ring (bicyclic) bond motifs is 1. The van der Waals surface area contributed by atoms with Crippen LogP contribution in [0.15, 0.2) is 48.7 Å². The van der Waals surface area contributed by atoms with Gasteiger partial charge in [0.25, 0.3) is 0 Å². The van der Waals surface area contributed by atoms with Crippen LogP contribution in [0.3, 0.4) is 0 Å². The van der Waals surface area contributed by atoms with E-state index in [4.69, 9.17) is 0 Å². The lowest BCUT2D eigenvalue weighted by molar-refractivity contribution is -0.142. The van der Waals surface area contributed by atoms with Crippen LogP contribution in [-0.4, -0.2) is 20.9 Å². The third kappa shape index (κ3) is 2.65. The van der Waals surface area contributed by atoms with E-state index in [0.717, 1.165) is 27.8 Å². The molecule has 0 bridgehead atoms. The van der Waals surface area contributed by atoms with E-state index in [1.807, 2.05) is 60.4 Å². The number of hydrogen-bond donors (Lipinski definition) is 2. The molecule has 0 aliphatic rings. The van der Waals surface area contributed by atoms with Crippen molar-refractivity contribution < 1.29 is 9.90 Å². The molecule has 1 aromatic heterocycles. The van der Waals surface area contributed by atoms with Crippen molar-refractivity contribution in [3.63, 3.8) is 0 Å². The maximum absolute atomic E-state index is 11.6. The van der Waals surface area contributed by atoms with Crippen LogP contribution in [0.25, 0.3) is 10.9 Å². The van der Waals surface area contributed by atoms with Gasteiger partial charge < -0.3 is 10.4 Å². The molecule has 0 spiro atoms. The molecule has 2 aromatic carbocycles. The van der Waals surface area contributed by atoms with Crippen molar-refractivity contribution in [2.24, 2.45) is 7.05 Å². The van der Waals surface area contributed by atoms with Gasteiger partial charge in [0.15, 0.2) is 0 Å². The van der Waals surface area contributed by atoms with Crippen molar-refractivity contribution in [3.8, 4) is 0 Å². The minimum Gasteiger partial charge on any atom is -0.481 e. The monoisotopic (exact) mass is 309 g/mol. The molecular weight excluding hydrogens is 290 g/mol. The number of carbonyl (C=O) groups is 1. The Hall–Kier alpha value is -2.82. The lowest BCUT2D eigenvalue weighted by Crippen LogP contribution is -2.29. The van der Waals surface area contributed by atoms with E-state index in [2.05, 4.69) is 10.4 Å². The highest BCUT2D eigenvalue weighted by Gasteiger charge is 2.31. The molecule has 0 atom stereocenters. The summed E-state index contributed by atoms with van der Waals surface area (Å²) in [4.78, 5) is 11.6. The smallest absolute Gasteiger partial charge is 0.313 e. The van der Waals surface area contributed by atoms with Gasteiger partial charge >= 0.3 is 5.97 Å². The van der Waals surface area contributed by atoms with Crippen LogP contribution in [-0.2, 0) is 17.3 Å². The molecule has 5 heteroatoms. The maximum atomic E-state index is 11.6. The zero-order valence-electron chi connectivity index (χ0n) is 13.4. The maximum Gasteiger partial charge on any atom is 0.313 e. The number of anilines is 2. The van der Waals surface area contributed by atoms with Crippen LogP contribution in [0.4, 0.5) is 11.4 Å². The molecule has 118 valence electrons. The second kappa shape index (κ2) is 5.43. The number of nitrogens with one attached hydrogen (secondary N) is 1. The summed E-state index contributed by atoms with van der Waals surface area (Å²) in [6.07, 6.45) is 1.82. The summed E-state index contributed by atoms with van der Waals surface area (Å²) in [6.45, 7) is 3.42. The Kier molecular flexibility index (Phi) is 3.56. The minimum absolute atomic E-state index is 0.748. The fourth-order valence-corrected chi connectivity index (χ4v) is 2.63. The predicted molar refractivity (Wildman–Crippen MR) is 91.1 cm³/mol. The molecule has 3 rings (SSSR count). The molecule has 23 heavy (non-hydrogen) atoms. The third-order valence-corrected chi connectivity index (χ3v) is 4.16. The molecule has 5 nitrogen and oxygen atoms in total. The second-order valence-electron chi connectivity index (χ2n) is 6.14. The van der Waals surface area contributed by atoms with Gasteiger partial charge in [0, 0.05) is 23.8 Å². The molecule has 2 N–H and O–H groups in total. The summed E-state index contributed by atoms with van der Waals surface area (Å²) in [7, 11) is 1.90. The Labute approximate surface area is 134 Å². The van der Waals surface area contributed by atoms with Gasteiger partial charge in [-0.05, 0) is 43.7 Å². The topological polar surface area (TPSA) is 67.2 Å². The van der Waals surface area contributed by atoms with Crippen molar-refractivity contribution in [1.82, 2.24) is 9.78 Å². The van der Waals surface area contributed by atoms with Gasteiger partial charge in [-0.25, -0.2) is 0 Å². The summed E-state index contributed by atoms with van der Waals surface area (Å²) >= 11 is 0. The average molecular weight is 309 g/mol. The van der Waals surface area contributed by atoms with E-state index in [1.54, 1.807) is 13.8 Å². The number of nitrogens with zero attached hydrogens (tertiary/aromatic N) is 2. The number of aryl methyl sites for hydroxylation is 1. The lowest BCUT2D eigenvalue weighted by Gasteiger charge is -2.23. The highest BCUT2D eigenvalue weighted by atomic mass is 16.4. The number of para-hydroxylation sites is 1. The quantitative estimate of drug-likeness (QED) is 0.771. The van der Waals surface area contributed by atoms with Gasteiger partial charge in [-0.1, -0.05) is 18.2 Å². The Balaban J connectivity index is 2.02. The Morgan fingerprint density at radius 3 is 2.70 bits per heavy atom. The normalized spacial score (nSPS) is 11.6. The average Bonchev–Trinajstić information content (AvgIpc) is 2.89. The largest absolute Gasteiger partial charge is 0.481 e. The second-order valence-corrected chi connectivity index (χ2v) is 6.14. The highest BCUT2D eigenvalue weighted by Crippen LogP contribution is 2.32. The van der Waals surface area contributed by atoms with Crippen molar-refractivity contribution in [2.45, 2.75) is 19.3 Å². The van der Waals surface area contributed by atoms with Gasteiger partial charge in [0.1, 0.15) is 0 Å². The van der Waals surface area contributed by atoms with Crippen LogP contribution < -0.4 is 5.32 Å². The third-order valence-electron chi connectivity index (χ3n) is 4.16. The lowest BCUT2D eigenvalue weighted by atomic mass is 9.83. The van der Waals surface area contributed by atoms with Gasteiger partial charge in [-0.15, -0.1) is 0 Å². The summed E-state index contributed by atoms with van der Waals surface area (Å²) in [5.74, 6) is -0.853. The van der Waals surface area contributed by atoms with Gasteiger partial charge in [-0.3, -0.25) is 9.48 Å². The molecule has 0 saturated heterocycles. The van der Waals surface area contributed by atoms with E-state index in [-0.39, 0.29) is 0 Å². The van der Waals surface area contributed by atoms with E-state index in [0.29, 0.717) is 0 Å². The molecular formula is C18H19N3O2. The molecule has 0 amide bonds. The first-order valence-electron chi connectivity index (χ1n) is 7.41. The van der Waals surface area contributed by atoms with Crippen molar-refractivity contribution in [3.05, 3.63) is 54.2 Å². The minimum atomic E-state index is -0.972. The van der Waals surface area contributed by atoms with Crippen LogP contribution >= 0.6 is 0 Å². The first-order valence-corrected chi connectivity index (χ1v) is 7.41. The highest BCUT2D eigenvalue weighted by molar-refractivity contribution is 5.86. The molecule has 3 aromatic rings. The van der Waals surface area contributed by atoms with E-state index >= 15 is 0 Å². The van der Waals surface area contributed by atoms with Crippen LogP contribution in [0, 0.1) is 0 Å². The summed E-state index contributed by atoms with van der Waals surface area (Å²) in [5, 5.41) is 18.1. The SMILES string of the molecule is Cn1ncc2ccc(Nc3ccccc3C(C)(C)C(=O)O)cc21. The first kappa shape index (κ1) is 15.1. The molecule has 0 aliphatic heterocycles. The zero-order valence-corrected chi connectivity index (χ0v) is 13.4. The fraction of sp³-hybridized carbons (Fsp3) is 0.222. The van der Waals surface area contributed by atoms with Crippen LogP contribution in [0.5, 0.6) is 0 Å². The van der Waals surface area contributed by atoms with E-state index in [1.165, 1.54) is 0 Å². The number of aromatic nitrogens is 2. The number of hydrogen-bond acceptors (Lipinski definition) is 3. The van der Waals surface area contributed by atoms with Gasteiger partial charge in [0.05, 0.1) is 17.1 Å². The van der Waals surface area contributed by atoms with Crippen molar-refractivity contribution in [1.29, 1.82) is 0 Å². The van der Waals surface area contributed by atoms with E-state index in [9.17, 15) is 9.90 Å². The summed E-state index contributed by atoms with van der Waals surface area (Å²) in [5.41, 5.74) is 2.49. The summed E-state index contributed by atoms with van der Waals surface area (Å²) < 4.78 is 1.81. The van der Waals surface area contributed by atoms with E-state index < -0.39 is 11.4 Å². The zero-order chi connectivity index (χ0) is 16.6. The Bertz CT molecular complexity index is 881. The number of benzene rings is 2. The molecule has 0 aliphatic carbocycles. The molecule has 0 fully saturated rings. The summed E-state index contributed by atoms with van der Waals surface area (Å²) in [6, 6.07) is 13.5. The molecule has 1 heterocycles. The number of carboxylic acids is 1. The standard InChI is InChI=1S/C18H19N3O2/c1-18(2,17(22)23)14-6-4-5-7-15(14)20-13-9-8-12-11-19-21(3)16(12)10-13/h4-11,20H,1-3H3,(H,22,23).